The Bertz CT molecular complexity index is 563. The predicted molar refractivity (Wildman–Crippen MR) is 73.7 cm³/mol. The largest absolute Gasteiger partial charge is 0.466 e. The van der Waals surface area contributed by atoms with Gasteiger partial charge < -0.3 is 10.1 Å². The number of rotatable bonds is 6. The molecule has 0 bridgehead atoms. The van der Waals surface area contributed by atoms with Gasteiger partial charge in [0.1, 0.15) is 0 Å². The third-order valence-electron chi connectivity index (χ3n) is 2.94. The lowest BCUT2D eigenvalue weighted by molar-refractivity contribution is -0.142. The lowest BCUT2D eigenvalue weighted by atomic mass is 10.2. The summed E-state index contributed by atoms with van der Waals surface area (Å²) in [6.45, 7) is 3.50. The number of hydrogen-bond donors (Lipinski definition) is 1. The Morgan fingerprint density at radius 1 is 1.42 bits per heavy atom. The summed E-state index contributed by atoms with van der Waals surface area (Å²) in [5, 5.41) is 8.85. The first-order valence-corrected chi connectivity index (χ1v) is 6.49. The van der Waals surface area contributed by atoms with Crippen LogP contribution in [0.4, 0.5) is 0 Å². The summed E-state index contributed by atoms with van der Waals surface area (Å²) in [5.41, 5.74) is 2.12. The van der Waals surface area contributed by atoms with E-state index in [0.29, 0.717) is 26.1 Å². The molecule has 0 amide bonds. The molecule has 0 spiro atoms. The van der Waals surface area contributed by atoms with E-state index in [4.69, 9.17) is 4.74 Å². The highest BCUT2D eigenvalue weighted by atomic mass is 16.5. The molecule has 5 heteroatoms. The molecule has 19 heavy (non-hydrogen) atoms. The molecule has 0 saturated heterocycles. The van der Waals surface area contributed by atoms with E-state index in [1.165, 1.54) is 0 Å². The van der Waals surface area contributed by atoms with E-state index in [9.17, 15) is 4.79 Å². The number of hydrogen-bond acceptors (Lipinski definition) is 4. The zero-order valence-electron chi connectivity index (χ0n) is 11.3. The molecule has 2 rings (SSSR count). The second-order valence-corrected chi connectivity index (χ2v) is 4.32. The van der Waals surface area contributed by atoms with E-state index in [-0.39, 0.29) is 5.97 Å². The van der Waals surface area contributed by atoms with Crippen LogP contribution in [0, 0.1) is 0 Å². The molecular formula is C14H19N3O2. The number of aromatic nitrogens is 2. The van der Waals surface area contributed by atoms with Crippen LogP contribution in [-0.2, 0) is 23.1 Å². The molecule has 1 aromatic heterocycles. The van der Waals surface area contributed by atoms with Crippen LogP contribution in [-0.4, -0.2) is 28.9 Å². The minimum Gasteiger partial charge on any atom is -0.466 e. The molecule has 0 aliphatic heterocycles. The molecule has 0 saturated carbocycles. The van der Waals surface area contributed by atoms with Crippen LogP contribution >= 0.6 is 0 Å². The van der Waals surface area contributed by atoms with Gasteiger partial charge in [0.15, 0.2) is 0 Å². The highest BCUT2D eigenvalue weighted by Crippen LogP contribution is 2.16. The van der Waals surface area contributed by atoms with Crippen LogP contribution in [0.25, 0.3) is 10.9 Å². The third-order valence-corrected chi connectivity index (χ3v) is 2.94. The first-order valence-electron chi connectivity index (χ1n) is 6.49. The van der Waals surface area contributed by atoms with Crippen LogP contribution in [0.3, 0.4) is 0 Å². The number of para-hydroxylation sites is 1. The smallest absolute Gasteiger partial charge is 0.307 e. The minimum absolute atomic E-state index is 0.166. The fourth-order valence-electron chi connectivity index (χ4n) is 2.05. The number of aryl methyl sites for hydroxylation is 1. The highest BCUT2D eigenvalue weighted by molar-refractivity contribution is 5.81. The van der Waals surface area contributed by atoms with Gasteiger partial charge in [0.05, 0.1) is 24.2 Å². The summed E-state index contributed by atoms with van der Waals surface area (Å²) < 4.78 is 6.74. The normalized spacial score (nSPS) is 10.8. The zero-order chi connectivity index (χ0) is 13.7. The maximum atomic E-state index is 11.2. The lowest BCUT2D eigenvalue weighted by Crippen LogP contribution is -2.19. The van der Waals surface area contributed by atoms with E-state index in [1.54, 1.807) is 0 Å². The SMILES string of the molecule is CCOC(=O)CCNCc1nn(C)c2ccccc12. The number of fused-ring (bicyclic) bond motifs is 1. The van der Waals surface area contributed by atoms with Crippen molar-refractivity contribution in [3.63, 3.8) is 0 Å². The summed E-state index contributed by atoms with van der Waals surface area (Å²) in [7, 11) is 1.93. The molecule has 1 N–H and O–H groups in total. The molecule has 0 atom stereocenters. The van der Waals surface area contributed by atoms with Crippen molar-refractivity contribution in [1.29, 1.82) is 0 Å². The van der Waals surface area contributed by atoms with Crippen LogP contribution in [0.2, 0.25) is 0 Å². The Hall–Kier alpha value is -1.88. The van der Waals surface area contributed by atoms with Crippen molar-refractivity contribution in [2.45, 2.75) is 19.9 Å². The molecule has 0 radical (unpaired) electrons. The summed E-state index contributed by atoms with van der Waals surface area (Å²) in [4.78, 5) is 11.2. The summed E-state index contributed by atoms with van der Waals surface area (Å²) in [6.07, 6.45) is 0.388. The maximum Gasteiger partial charge on any atom is 0.307 e. The monoisotopic (exact) mass is 261 g/mol. The quantitative estimate of drug-likeness (QED) is 0.634. The Morgan fingerprint density at radius 3 is 3.00 bits per heavy atom. The highest BCUT2D eigenvalue weighted by Gasteiger charge is 2.07. The van der Waals surface area contributed by atoms with Gasteiger partial charge in [-0.25, -0.2) is 0 Å². The molecule has 0 fully saturated rings. The van der Waals surface area contributed by atoms with E-state index in [2.05, 4.69) is 16.5 Å². The Labute approximate surface area is 112 Å². The van der Waals surface area contributed by atoms with E-state index >= 15 is 0 Å². The maximum absolute atomic E-state index is 11.2. The first-order chi connectivity index (χ1) is 9.22. The number of carbonyl (C=O) groups is 1. The van der Waals surface area contributed by atoms with E-state index in [1.807, 2.05) is 36.9 Å². The molecule has 0 aliphatic carbocycles. The fourth-order valence-corrected chi connectivity index (χ4v) is 2.05. The summed E-state index contributed by atoms with van der Waals surface area (Å²) in [5.74, 6) is -0.166. The zero-order valence-corrected chi connectivity index (χ0v) is 11.3. The van der Waals surface area contributed by atoms with Gasteiger partial charge in [-0.05, 0) is 13.0 Å². The second-order valence-electron chi connectivity index (χ2n) is 4.32. The number of nitrogens with zero attached hydrogens (tertiary/aromatic N) is 2. The second kappa shape index (κ2) is 6.33. The van der Waals surface area contributed by atoms with Gasteiger partial charge in [-0.1, -0.05) is 18.2 Å². The van der Waals surface area contributed by atoms with Crippen LogP contribution in [0.1, 0.15) is 19.0 Å². The number of benzene rings is 1. The van der Waals surface area contributed by atoms with E-state index < -0.39 is 0 Å². The molecule has 102 valence electrons. The molecule has 0 unspecified atom stereocenters. The number of carbonyl (C=O) groups excluding carboxylic acids is 1. The number of ether oxygens (including phenoxy) is 1. The predicted octanol–water partition coefficient (Wildman–Crippen LogP) is 1.62. The van der Waals surface area contributed by atoms with Gasteiger partial charge in [-0.2, -0.15) is 5.10 Å². The van der Waals surface area contributed by atoms with Crippen molar-refractivity contribution in [3.05, 3.63) is 30.0 Å². The summed E-state index contributed by atoms with van der Waals surface area (Å²) >= 11 is 0. The van der Waals surface area contributed by atoms with Crippen molar-refractivity contribution >= 4 is 16.9 Å². The van der Waals surface area contributed by atoms with Crippen molar-refractivity contribution in [2.75, 3.05) is 13.2 Å². The van der Waals surface area contributed by atoms with Crippen LogP contribution in [0.15, 0.2) is 24.3 Å². The minimum atomic E-state index is -0.166. The molecule has 1 aromatic carbocycles. The third kappa shape index (κ3) is 3.32. The first kappa shape index (κ1) is 13.5. The van der Waals surface area contributed by atoms with Crippen molar-refractivity contribution in [3.8, 4) is 0 Å². The molecule has 5 nitrogen and oxygen atoms in total. The van der Waals surface area contributed by atoms with Gasteiger partial charge in [0.2, 0.25) is 0 Å². The molecule has 0 aliphatic rings. The van der Waals surface area contributed by atoms with Gasteiger partial charge >= 0.3 is 5.97 Å². The van der Waals surface area contributed by atoms with Crippen molar-refractivity contribution < 1.29 is 9.53 Å². The van der Waals surface area contributed by atoms with Gasteiger partial charge in [0, 0.05) is 25.5 Å². The van der Waals surface area contributed by atoms with Gasteiger partial charge in [-0.3, -0.25) is 9.48 Å². The Balaban J connectivity index is 1.90. The van der Waals surface area contributed by atoms with Gasteiger partial charge in [-0.15, -0.1) is 0 Å². The van der Waals surface area contributed by atoms with Crippen molar-refractivity contribution in [2.24, 2.45) is 7.05 Å². The topological polar surface area (TPSA) is 56.1 Å². The van der Waals surface area contributed by atoms with Crippen molar-refractivity contribution in [1.82, 2.24) is 15.1 Å². The Morgan fingerprint density at radius 2 is 2.21 bits per heavy atom. The average Bonchev–Trinajstić information content (AvgIpc) is 2.73. The van der Waals surface area contributed by atoms with Crippen LogP contribution < -0.4 is 5.32 Å². The standard InChI is InChI=1S/C14H19N3O2/c1-3-19-14(18)8-9-15-10-12-11-6-4-5-7-13(11)17(2)16-12/h4-7,15H,3,8-10H2,1-2H3. The number of nitrogens with one attached hydrogen (secondary N) is 1. The molecular weight excluding hydrogens is 242 g/mol. The number of esters is 1. The molecule has 1 heterocycles. The average molecular weight is 261 g/mol. The summed E-state index contributed by atoms with van der Waals surface area (Å²) in [6, 6.07) is 8.11. The van der Waals surface area contributed by atoms with Gasteiger partial charge in [0.25, 0.3) is 0 Å². The Kier molecular flexibility index (Phi) is 4.52. The lowest BCUT2D eigenvalue weighted by Gasteiger charge is -2.03. The van der Waals surface area contributed by atoms with E-state index in [0.717, 1.165) is 16.6 Å². The fraction of sp³-hybridized carbons (Fsp3) is 0.429. The van der Waals surface area contributed by atoms with Crippen LogP contribution in [0.5, 0.6) is 0 Å². The molecule has 2 aromatic rings.